The number of morpholine rings is 2. The lowest BCUT2D eigenvalue weighted by Gasteiger charge is -2.26. The summed E-state index contributed by atoms with van der Waals surface area (Å²) in [6.45, 7) is 8.58. The molecule has 19 nitrogen and oxygen atoms in total. The molecule has 0 radical (unpaired) electrons. The molecule has 3 heterocycles. The molecule has 6 aromatic carbocycles. The summed E-state index contributed by atoms with van der Waals surface area (Å²) in [6, 6.07) is 41.7. The predicted molar refractivity (Wildman–Crippen MR) is 346 cm³/mol. The van der Waals surface area contributed by atoms with Crippen molar-refractivity contribution in [1.82, 2.24) is 14.8 Å². The molecule has 3 amide bonds. The van der Waals surface area contributed by atoms with Gasteiger partial charge in [-0.3, -0.25) is 48.7 Å². The van der Waals surface area contributed by atoms with E-state index < -0.39 is 22.6 Å². The lowest BCUT2D eigenvalue weighted by molar-refractivity contribution is -0.384. The molecule has 0 spiro atoms. The Kier molecular flexibility index (Phi) is 27.8. The van der Waals surface area contributed by atoms with Crippen molar-refractivity contribution >= 4 is 69.6 Å². The topological polar surface area (TPSA) is 238 Å². The summed E-state index contributed by atoms with van der Waals surface area (Å²) in [6.07, 6.45) is 9.71. The van der Waals surface area contributed by atoms with E-state index in [1.165, 1.54) is 80.1 Å². The number of methoxy groups -OCH3 is 2. The van der Waals surface area contributed by atoms with Crippen LogP contribution in [-0.2, 0) is 15.9 Å². The molecule has 0 aliphatic carbocycles. The Morgan fingerprint density at radius 1 is 0.544 bits per heavy atom. The number of amides is 3. The van der Waals surface area contributed by atoms with E-state index in [1.54, 1.807) is 66.9 Å². The van der Waals surface area contributed by atoms with Crippen LogP contribution >= 0.6 is 11.8 Å². The summed E-state index contributed by atoms with van der Waals surface area (Å²) in [5.41, 5.74) is 4.38. The first-order chi connectivity index (χ1) is 43.8. The molecule has 21 heteroatoms. The van der Waals surface area contributed by atoms with Crippen molar-refractivity contribution in [2.45, 2.75) is 62.8 Å². The Balaban J connectivity index is 0.000000192. The van der Waals surface area contributed by atoms with E-state index in [1.807, 2.05) is 36.6 Å². The first-order valence-electron chi connectivity index (χ1n) is 29.9. The third-order valence-electron chi connectivity index (χ3n) is 14.9. The number of nitrogens with zero attached hydrogens (tertiary/aromatic N) is 4. The number of nitro groups is 1. The number of non-ortho nitro benzene ring substituents is 1. The highest BCUT2D eigenvalue weighted by molar-refractivity contribution is 7.98. The fourth-order valence-electron chi connectivity index (χ4n) is 9.96. The van der Waals surface area contributed by atoms with E-state index in [0.29, 0.717) is 75.8 Å². The maximum Gasteiger partial charge on any atom is 0.269 e. The van der Waals surface area contributed by atoms with E-state index in [-0.39, 0.29) is 45.8 Å². The van der Waals surface area contributed by atoms with Gasteiger partial charge >= 0.3 is 0 Å². The maximum absolute atomic E-state index is 14.0. The smallest absolute Gasteiger partial charge is 0.269 e. The van der Waals surface area contributed by atoms with Gasteiger partial charge in [-0.1, -0.05) is 66.7 Å². The second kappa shape index (κ2) is 36.5. The Morgan fingerprint density at radius 3 is 1.60 bits per heavy atom. The number of Topliss-reactive ketones (excluding diaryl/α,β-unsaturated/α-hetero) is 3. The average molecular weight is 1250 g/mol. The number of pyridine rings is 1. The number of thioether (sulfide) groups is 1. The van der Waals surface area contributed by atoms with Crippen LogP contribution in [0.1, 0.15) is 119 Å². The Morgan fingerprint density at radius 2 is 1.02 bits per heavy atom. The number of unbranched alkanes of at least 4 members (excludes halogenated alkanes) is 2. The van der Waals surface area contributed by atoms with Gasteiger partial charge in [-0.2, -0.15) is 0 Å². The summed E-state index contributed by atoms with van der Waals surface area (Å²) in [7, 11) is 2.94. The molecule has 0 atom stereocenters. The highest BCUT2D eigenvalue weighted by Crippen LogP contribution is 2.35. The van der Waals surface area contributed by atoms with Crippen LogP contribution in [0, 0.1) is 15.9 Å². The van der Waals surface area contributed by atoms with Gasteiger partial charge < -0.3 is 34.9 Å². The molecule has 0 bridgehead atoms. The van der Waals surface area contributed by atoms with Crippen LogP contribution in [0.5, 0.6) is 11.5 Å². The third-order valence-corrected chi connectivity index (χ3v) is 15.6. The van der Waals surface area contributed by atoms with Crippen LogP contribution in [0.2, 0.25) is 0 Å². The maximum atomic E-state index is 14.0. The standard InChI is InChI=1S/C26H26FNO4.C22H27N3O3S.C21H23N3O5/c1-31-24-16-20(23(29)15-9-6-12-18-10-4-3-5-11-18)22(17-25(24)32-2)28-26(30)19-13-7-8-14-21(19)27;1-29-22-18(8-6-11-23-22)21(27)24-19-9-3-2-7-17(19)20(26)10-4-5-12-25-13-15-28-16-14-25;25-20(6-3-11-23-12-14-29-15-13-23)18-4-1-2-5-19(18)22-21(26)16-7-9-17(10-8-16)24(27)28/h3-5,7-8,10-11,13-14,16-17H,6,9,12,15H2,1-2H3,(H,28,30);2-3,6-9,11H,4-5,10,12-16H2,1H3,(H,24,27);1-2,4-5,7-10H,3,6,11-15H2,(H,22,26). The number of nitro benzene ring substituents is 1. The van der Waals surface area contributed by atoms with Crippen molar-refractivity contribution in [1.29, 1.82) is 0 Å². The van der Waals surface area contributed by atoms with Gasteiger partial charge in [-0.15, -0.1) is 11.8 Å². The quantitative estimate of drug-likeness (QED) is 0.0143. The van der Waals surface area contributed by atoms with Crippen molar-refractivity contribution in [3.05, 3.63) is 213 Å². The summed E-state index contributed by atoms with van der Waals surface area (Å²) in [5.74, 6) is -1.34. The van der Waals surface area contributed by atoms with Crippen molar-refractivity contribution in [3.8, 4) is 11.5 Å². The first kappa shape index (κ1) is 68.5. The van der Waals surface area contributed by atoms with Gasteiger partial charge in [-0.25, -0.2) is 9.37 Å². The number of ketones is 3. The van der Waals surface area contributed by atoms with Gasteiger partial charge in [0, 0.05) is 92.1 Å². The van der Waals surface area contributed by atoms with Crippen molar-refractivity contribution in [2.24, 2.45) is 0 Å². The fraction of sp³-hybridized carbons (Fsp3) is 0.319. The van der Waals surface area contributed by atoms with Gasteiger partial charge in [0.1, 0.15) is 10.8 Å². The highest BCUT2D eigenvalue weighted by atomic mass is 32.2. The summed E-state index contributed by atoms with van der Waals surface area (Å²) >= 11 is 1.42. The number of aryl methyl sites for hydroxylation is 1. The normalized spacial score (nSPS) is 13.0. The average Bonchev–Trinajstić information content (AvgIpc) is 2.15. The molecule has 2 saturated heterocycles. The molecule has 9 rings (SSSR count). The minimum atomic E-state index is -0.645. The number of hydrogen-bond donors (Lipinski definition) is 3. The second-order valence-electron chi connectivity index (χ2n) is 21.0. The number of anilines is 3. The minimum Gasteiger partial charge on any atom is -0.493 e. The summed E-state index contributed by atoms with van der Waals surface area (Å²) in [4.78, 5) is 95.4. The molecule has 3 N–H and O–H groups in total. The SMILES string of the molecule is COc1cc(NC(=O)c2ccccc2F)c(C(=O)CCCCc2ccccc2)cc1OC.CSc1ncccc1C(=O)Nc1ccccc1C(=O)CCCCN1CCOCC1.O=C(Nc1ccccc1C(=O)CCCN1CCOCC1)c1ccc([N+](=O)[O-])cc1. The van der Waals surface area contributed by atoms with E-state index in [4.69, 9.17) is 18.9 Å². The third kappa shape index (κ3) is 21.1. The fourth-order valence-corrected chi connectivity index (χ4v) is 10.5. The Labute approximate surface area is 528 Å². The molecule has 472 valence electrons. The van der Waals surface area contributed by atoms with E-state index in [0.717, 1.165) is 97.8 Å². The number of ether oxygens (including phenoxy) is 4. The molecular weight excluding hydrogens is 1170 g/mol. The number of hydrogen-bond acceptors (Lipinski definition) is 16. The molecule has 2 aliphatic rings. The van der Waals surface area contributed by atoms with Crippen LogP contribution < -0.4 is 25.4 Å². The monoisotopic (exact) mass is 1250 g/mol. The van der Waals surface area contributed by atoms with Gasteiger partial charge in [0.2, 0.25) is 0 Å². The lowest BCUT2D eigenvalue weighted by atomic mass is 10.0. The number of carbonyl (C=O) groups excluding carboxylic acids is 6. The minimum absolute atomic E-state index is 0.0298. The number of carbonyl (C=O) groups is 6. The molecule has 0 saturated carbocycles. The summed E-state index contributed by atoms with van der Waals surface area (Å²) in [5, 5.41) is 19.7. The van der Waals surface area contributed by atoms with Gasteiger partial charge in [0.25, 0.3) is 23.4 Å². The zero-order valence-electron chi connectivity index (χ0n) is 50.9. The van der Waals surface area contributed by atoms with Gasteiger partial charge in [0.05, 0.1) is 73.8 Å². The largest absolute Gasteiger partial charge is 0.493 e. The number of benzene rings is 6. The van der Waals surface area contributed by atoms with E-state index in [9.17, 15) is 43.3 Å². The van der Waals surface area contributed by atoms with Crippen LogP contribution in [-0.4, -0.2) is 141 Å². The number of nitrogens with one attached hydrogen (secondary N) is 3. The number of rotatable bonds is 27. The van der Waals surface area contributed by atoms with E-state index >= 15 is 0 Å². The van der Waals surface area contributed by atoms with Crippen LogP contribution in [0.3, 0.4) is 0 Å². The van der Waals surface area contributed by atoms with Crippen LogP contribution in [0.25, 0.3) is 0 Å². The highest BCUT2D eigenvalue weighted by Gasteiger charge is 2.22. The molecule has 7 aromatic rings. The zero-order chi connectivity index (χ0) is 64.0. The molecule has 2 aliphatic heterocycles. The Hall–Kier alpha value is -8.99. The molecule has 0 unspecified atom stereocenters. The first-order valence-corrected chi connectivity index (χ1v) is 31.1. The molecule has 2 fully saturated rings. The molecule has 90 heavy (non-hydrogen) atoms. The Bertz CT molecular complexity index is 3530. The second-order valence-corrected chi connectivity index (χ2v) is 21.8. The zero-order valence-corrected chi connectivity index (χ0v) is 51.7. The number of para-hydroxylation sites is 2. The number of halogens is 1. The van der Waals surface area contributed by atoms with Crippen molar-refractivity contribution < 1.29 is 57.0 Å². The van der Waals surface area contributed by atoms with Gasteiger partial charge in [0.15, 0.2) is 28.8 Å². The number of aromatic nitrogens is 1. The predicted octanol–water partition coefficient (Wildman–Crippen LogP) is 12.6. The summed E-state index contributed by atoms with van der Waals surface area (Å²) < 4.78 is 35.4. The van der Waals surface area contributed by atoms with E-state index in [2.05, 4.69) is 42.9 Å². The van der Waals surface area contributed by atoms with Crippen LogP contribution in [0.4, 0.5) is 27.1 Å². The lowest BCUT2D eigenvalue weighted by Crippen LogP contribution is -2.36. The molecule has 1 aromatic heterocycles. The van der Waals surface area contributed by atoms with Crippen molar-refractivity contribution in [3.63, 3.8) is 0 Å². The van der Waals surface area contributed by atoms with Crippen LogP contribution in [0.15, 0.2) is 163 Å². The van der Waals surface area contributed by atoms with Gasteiger partial charge in [-0.05, 0) is 130 Å². The van der Waals surface area contributed by atoms with Crippen molar-refractivity contribution in [2.75, 3.05) is 102 Å². The molecular formula is C69H76FN7O12S.